The molecule has 1 heterocycles. The maximum atomic E-state index is 6.13. The molecule has 0 fully saturated rings. The van der Waals surface area contributed by atoms with Gasteiger partial charge in [-0.2, -0.15) is 0 Å². The molecule has 1 aliphatic heterocycles. The molecule has 0 aliphatic carbocycles. The fourth-order valence-corrected chi connectivity index (χ4v) is 2.00. The van der Waals surface area contributed by atoms with Crippen molar-refractivity contribution in [1.29, 1.82) is 0 Å². The molecule has 1 aromatic carbocycles. The Morgan fingerprint density at radius 2 is 1.69 bits per heavy atom. The molecule has 3 nitrogen and oxygen atoms in total. The predicted octanol–water partition coefficient (Wildman–Crippen LogP) is 2.35. The minimum absolute atomic E-state index is 0.352. The van der Waals surface area contributed by atoms with Gasteiger partial charge in [-0.05, 0) is 44.0 Å². The molecule has 2 N–H and O–H groups in total. The fourth-order valence-electron chi connectivity index (χ4n) is 2.00. The number of ether oxygens (including phenoxy) is 2. The third-order valence-corrected chi connectivity index (χ3v) is 2.79. The highest BCUT2D eigenvalue weighted by Gasteiger charge is 2.21. The minimum Gasteiger partial charge on any atom is -0.490 e. The first-order chi connectivity index (χ1) is 7.48. The van der Waals surface area contributed by atoms with Crippen LogP contribution < -0.4 is 15.2 Å². The van der Waals surface area contributed by atoms with Crippen LogP contribution >= 0.6 is 0 Å². The summed E-state index contributed by atoms with van der Waals surface area (Å²) in [6.45, 7) is 7.48. The van der Waals surface area contributed by atoms with E-state index >= 15 is 0 Å². The zero-order valence-electron chi connectivity index (χ0n) is 10.2. The summed E-state index contributed by atoms with van der Waals surface area (Å²) in [6, 6.07) is 4.03. The second kappa shape index (κ2) is 3.98. The molecular weight excluding hydrogens is 202 g/mol. The average molecular weight is 221 g/mol. The van der Waals surface area contributed by atoms with Gasteiger partial charge in [0.1, 0.15) is 0 Å². The Kier molecular flexibility index (Phi) is 2.80. The quantitative estimate of drug-likeness (QED) is 0.791. The van der Waals surface area contributed by atoms with E-state index in [1.54, 1.807) is 0 Å². The molecule has 3 heteroatoms. The maximum Gasteiger partial charge on any atom is 0.161 e. The Bertz CT molecular complexity index is 394. The van der Waals surface area contributed by atoms with Gasteiger partial charge in [-0.15, -0.1) is 0 Å². The summed E-state index contributed by atoms with van der Waals surface area (Å²) in [4.78, 5) is 0. The van der Waals surface area contributed by atoms with Gasteiger partial charge in [0.15, 0.2) is 11.5 Å². The van der Waals surface area contributed by atoms with E-state index in [-0.39, 0.29) is 5.54 Å². The van der Waals surface area contributed by atoms with Gasteiger partial charge >= 0.3 is 0 Å². The van der Waals surface area contributed by atoms with Crippen molar-refractivity contribution in [3.05, 3.63) is 23.3 Å². The molecule has 1 aromatic rings. The summed E-state index contributed by atoms with van der Waals surface area (Å²) in [5.41, 5.74) is 8.04. The summed E-state index contributed by atoms with van der Waals surface area (Å²) in [5.74, 6) is 1.65. The summed E-state index contributed by atoms with van der Waals surface area (Å²) in [7, 11) is 0. The number of fused-ring (bicyclic) bond motifs is 1. The van der Waals surface area contributed by atoms with Crippen LogP contribution in [-0.2, 0) is 5.54 Å². The van der Waals surface area contributed by atoms with Crippen molar-refractivity contribution in [3.63, 3.8) is 0 Å². The lowest BCUT2D eigenvalue weighted by Gasteiger charge is -2.23. The van der Waals surface area contributed by atoms with Crippen molar-refractivity contribution in [1.82, 2.24) is 0 Å². The molecule has 0 spiro atoms. The van der Waals surface area contributed by atoms with E-state index in [9.17, 15) is 0 Å². The van der Waals surface area contributed by atoms with E-state index in [0.717, 1.165) is 35.7 Å². The molecular formula is C13H19NO2. The second-order valence-electron chi connectivity index (χ2n) is 4.89. The molecule has 0 unspecified atom stereocenters. The van der Waals surface area contributed by atoms with Gasteiger partial charge in [0.25, 0.3) is 0 Å². The van der Waals surface area contributed by atoms with Crippen LogP contribution in [0.25, 0.3) is 0 Å². The van der Waals surface area contributed by atoms with Crippen LogP contribution in [0.3, 0.4) is 0 Å². The smallest absolute Gasteiger partial charge is 0.161 e. The molecule has 1 aliphatic rings. The molecule has 0 saturated carbocycles. The second-order valence-corrected chi connectivity index (χ2v) is 4.89. The number of hydrogen-bond acceptors (Lipinski definition) is 3. The highest BCUT2D eigenvalue weighted by Crippen LogP contribution is 2.35. The largest absolute Gasteiger partial charge is 0.490 e. The van der Waals surface area contributed by atoms with Crippen LogP contribution in [0.1, 0.15) is 31.4 Å². The Morgan fingerprint density at radius 3 is 2.25 bits per heavy atom. The van der Waals surface area contributed by atoms with E-state index in [4.69, 9.17) is 15.2 Å². The van der Waals surface area contributed by atoms with Crippen LogP contribution in [0.5, 0.6) is 11.5 Å². The lowest BCUT2D eigenvalue weighted by atomic mass is 9.91. The zero-order chi connectivity index (χ0) is 11.8. The zero-order valence-corrected chi connectivity index (χ0v) is 10.2. The Morgan fingerprint density at radius 1 is 1.12 bits per heavy atom. The summed E-state index contributed by atoms with van der Waals surface area (Å²) < 4.78 is 11.3. The fraction of sp³-hybridized carbons (Fsp3) is 0.538. The number of benzene rings is 1. The van der Waals surface area contributed by atoms with E-state index in [0.29, 0.717) is 6.61 Å². The van der Waals surface area contributed by atoms with Gasteiger partial charge in [-0.25, -0.2) is 0 Å². The third-order valence-electron chi connectivity index (χ3n) is 2.79. The van der Waals surface area contributed by atoms with Gasteiger partial charge in [-0.3, -0.25) is 0 Å². The lowest BCUT2D eigenvalue weighted by Crippen LogP contribution is -2.29. The predicted molar refractivity (Wildman–Crippen MR) is 64.0 cm³/mol. The van der Waals surface area contributed by atoms with E-state index in [1.165, 1.54) is 0 Å². The van der Waals surface area contributed by atoms with Crippen LogP contribution in [-0.4, -0.2) is 13.2 Å². The first kappa shape index (κ1) is 11.3. The topological polar surface area (TPSA) is 44.5 Å². The van der Waals surface area contributed by atoms with Gasteiger partial charge < -0.3 is 15.2 Å². The van der Waals surface area contributed by atoms with Crippen molar-refractivity contribution in [2.24, 2.45) is 5.73 Å². The Labute approximate surface area is 96.5 Å². The maximum absolute atomic E-state index is 6.13. The van der Waals surface area contributed by atoms with Crippen LogP contribution in [0.4, 0.5) is 0 Å². The molecule has 0 atom stereocenters. The SMILES string of the molecule is Cc1cc2c(cc1C(C)(C)N)OCCCO2. The van der Waals surface area contributed by atoms with Gasteiger partial charge in [0.2, 0.25) is 0 Å². The first-order valence-corrected chi connectivity index (χ1v) is 5.68. The number of hydrogen-bond donors (Lipinski definition) is 1. The lowest BCUT2D eigenvalue weighted by molar-refractivity contribution is 0.296. The monoisotopic (exact) mass is 221 g/mol. The highest BCUT2D eigenvalue weighted by atomic mass is 16.5. The van der Waals surface area contributed by atoms with Crippen molar-refractivity contribution in [2.45, 2.75) is 32.7 Å². The molecule has 16 heavy (non-hydrogen) atoms. The first-order valence-electron chi connectivity index (χ1n) is 5.68. The highest BCUT2D eigenvalue weighted by molar-refractivity contribution is 5.49. The number of rotatable bonds is 1. The van der Waals surface area contributed by atoms with Crippen molar-refractivity contribution in [3.8, 4) is 11.5 Å². The standard InChI is InChI=1S/C13H19NO2/c1-9-7-11-12(16-6-4-5-15-11)8-10(9)13(2,3)14/h7-8H,4-6,14H2,1-3H3. The third kappa shape index (κ3) is 2.14. The Balaban J connectivity index is 2.47. The van der Waals surface area contributed by atoms with Crippen LogP contribution in [0.15, 0.2) is 12.1 Å². The molecule has 0 bridgehead atoms. The molecule has 0 radical (unpaired) electrons. The Hall–Kier alpha value is -1.22. The molecule has 88 valence electrons. The minimum atomic E-state index is -0.352. The van der Waals surface area contributed by atoms with E-state index in [2.05, 4.69) is 6.92 Å². The van der Waals surface area contributed by atoms with Crippen LogP contribution in [0.2, 0.25) is 0 Å². The molecule has 0 amide bonds. The van der Waals surface area contributed by atoms with Crippen molar-refractivity contribution in [2.75, 3.05) is 13.2 Å². The van der Waals surface area contributed by atoms with E-state index < -0.39 is 0 Å². The summed E-state index contributed by atoms with van der Waals surface area (Å²) in [5, 5.41) is 0. The van der Waals surface area contributed by atoms with Gasteiger partial charge in [0.05, 0.1) is 13.2 Å². The van der Waals surface area contributed by atoms with Gasteiger partial charge in [0, 0.05) is 12.0 Å². The number of nitrogens with two attached hydrogens (primary N) is 1. The van der Waals surface area contributed by atoms with Crippen molar-refractivity contribution < 1.29 is 9.47 Å². The average Bonchev–Trinajstić information content (AvgIpc) is 2.39. The summed E-state index contributed by atoms with van der Waals surface area (Å²) in [6.07, 6.45) is 0.926. The van der Waals surface area contributed by atoms with Gasteiger partial charge in [-0.1, -0.05) is 0 Å². The normalized spacial score (nSPS) is 15.8. The van der Waals surface area contributed by atoms with E-state index in [1.807, 2.05) is 26.0 Å². The van der Waals surface area contributed by atoms with Crippen molar-refractivity contribution >= 4 is 0 Å². The molecule has 2 rings (SSSR count). The molecule has 0 saturated heterocycles. The number of aryl methyl sites for hydroxylation is 1. The summed E-state index contributed by atoms with van der Waals surface area (Å²) >= 11 is 0. The molecule has 0 aromatic heterocycles. The van der Waals surface area contributed by atoms with Crippen LogP contribution in [0, 0.1) is 6.92 Å².